The number of sulfonamides is 1. The molecule has 0 unspecified atom stereocenters. The highest BCUT2D eigenvalue weighted by molar-refractivity contribution is 7.89. The van der Waals surface area contributed by atoms with Crippen LogP contribution < -0.4 is 4.72 Å². The lowest BCUT2D eigenvalue weighted by Gasteiger charge is -2.26. The molecule has 7 heteroatoms. The van der Waals surface area contributed by atoms with Crippen molar-refractivity contribution in [1.29, 1.82) is 0 Å². The summed E-state index contributed by atoms with van der Waals surface area (Å²) in [7, 11) is -3.71. The highest BCUT2D eigenvalue weighted by Gasteiger charge is 2.35. The summed E-state index contributed by atoms with van der Waals surface area (Å²) in [5.41, 5.74) is -0.987. The fraction of sp³-hybridized carbons (Fsp3) is 0.125. The monoisotopic (exact) mass is 349 g/mol. The summed E-state index contributed by atoms with van der Waals surface area (Å²) >= 11 is 1.35. The lowest BCUT2D eigenvalue weighted by atomic mass is 9.95. The molecule has 0 bridgehead atoms. The quantitative estimate of drug-likeness (QED) is 0.717. The summed E-state index contributed by atoms with van der Waals surface area (Å²) in [6.07, 6.45) is 2.86. The molecule has 0 fully saturated rings. The fourth-order valence-electron chi connectivity index (χ4n) is 2.23. The number of hydrogen-bond acceptors (Lipinski definition) is 5. The van der Waals surface area contributed by atoms with Crippen LogP contribution in [0.4, 0.5) is 0 Å². The Kier molecular flexibility index (Phi) is 4.36. The van der Waals surface area contributed by atoms with Crippen LogP contribution in [0.1, 0.15) is 10.4 Å². The van der Waals surface area contributed by atoms with E-state index in [1.54, 1.807) is 36.4 Å². The van der Waals surface area contributed by atoms with Crippen molar-refractivity contribution >= 4 is 21.4 Å². The molecule has 0 aliphatic rings. The van der Waals surface area contributed by atoms with Crippen LogP contribution in [0.15, 0.2) is 75.7 Å². The van der Waals surface area contributed by atoms with E-state index >= 15 is 0 Å². The van der Waals surface area contributed by atoms with Crippen molar-refractivity contribution in [3.05, 3.63) is 76.9 Å². The third-order valence-electron chi connectivity index (χ3n) is 3.50. The summed E-state index contributed by atoms with van der Waals surface area (Å²) in [5, 5.41) is 12.9. The third kappa shape index (κ3) is 3.23. The van der Waals surface area contributed by atoms with E-state index in [0.29, 0.717) is 10.4 Å². The van der Waals surface area contributed by atoms with Gasteiger partial charge in [0.15, 0.2) is 0 Å². The Bertz CT molecular complexity index is 807. The van der Waals surface area contributed by atoms with Gasteiger partial charge >= 0.3 is 0 Å². The smallest absolute Gasteiger partial charge is 0.240 e. The van der Waals surface area contributed by atoms with Crippen LogP contribution in [-0.4, -0.2) is 20.1 Å². The van der Waals surface area contributed by atoms with Gasteiger partial charge in [0.25, 0.3) is 0 Å². The van der Waals surface area contributed by atoms with E-state index in [4.69, 9.17) is 4.42 Å². The SMILES string of the molecule is O=S(=O)(NC[C@](O)(c1ccoc1)c1cccs1)c1ccccc1. The normalized spacial score (nSPS) is 14.5. The molecule has 0 radical (unpaired) electrons. The second kappa shape index (κ2) is 6.29. The van der Waals surface area contributed by atoms with Gasteiger partial charge in [-0.15, -0.1) is 11.3 Å². The van der Waals surface area contributed by atoms with Crippen LogP contribution in [0, 0.1) is 0 Å². The maximum absolute atomic E-state index is 12.4. The molecule has 0 aliphatic carbocycles. The molecule has 1 atom stereocenters. The summed E-state index contributed by atoms with van der Waals surface area (Å²) in [6.45, 7) is -0.190. The number of rotatable bonds is 6. The van der Waals surface area contributed by atoms with Crippen LogP contribution in [0.5, 0.6) is 0 Å². The minimum absolute atomic E-state index is 0.153. The maximum atomic E-state index is 12.4. The lowest BCUT2D eigenvalue weighted by Crippen LogP contribution is -2.40. The van der Waals surface area contributed by atoms with Crippen LogP contribution in [-0.2, 0) is 15.6 Å². The average Bonchev–Trinajstić information content (AvgIpc) is 3.27. The Labute approximate surface area is 138 Å². The molecule has 3 aromatic rings. The molecule has 0 spiro atoms. The zero-order valence-electron chi connectivity index (χ0n) is 12.0. The van der Waals surface area contributed by atoms with Gasteiger partial charge in [-0.3, -0.25) is 0 Å². The average molecular weight is 349 g/mol. The van der Waals surface area contributed by atoms with Gasteiger partial charge in [-0.25, -0.2) is 13.1 Å². The maximum Gasteiger partial charge on any atom is 0.240 e. The first-order valence-electron chi connectivity index (χ1n) is 6.86. The number of aliphatic hydroxyl groups is 1. The molecule has 0 amide bonds. The second-order valence-electron chi connectivity index (χ2n) is 4.99. The van der Waals surface area contributed by atoms with Gasteiger partial charge in [0, 0.05) is 17.0 Å². The molecular weight excluding hydrogens is 334 g/mol. The van der Waals surface area contributed by atoms with Crippen molar-refractivity contribution in [3.8, 4) is 0 Å². The van der Waals surface area contributed by atoms with Gasteiger partial charge in [0.1, 0.15) is 5.60 Å². The number of hydrogen-bond donors (Lipinski definition) is 2. The second-order valence-corrected chi connectivity index (χ2v) is 7.70. The zero-order valence-corrected chi connectivity index (χ0v) is 13.7. The van der Waals surface area contributed by atoms with Crippen molar-refractivity contribution in [3.63, 3.8) is 0 Å². The van der Waals surface area contributed by atoms with Gasteiger partial charge < -0.3 is 9.52 Å². The highest BCUT2D eigenvalue weighted by Crippen LogP contribution is 2.33. The van der Waals surface area contributed by atoms with Crippen LogP contribution in [0.3, 0.4) is 0 Å². The summed E-state index contributed by atoms with van der Waals surface area (Å²) in [6, 6.07) is 13.2. The van der Waals surface area contributed by atoms with Gasteiger partial charge in [0.05, 0.1) is 17.4 Å². The molecule has 1 aromatic carbocycles. The van der Waals surface area contributed by atoms with Gasteiger partial charge in [-0.1, -0.05) is 24.3 Å². The molecule has 0 aliphatic heterocycles. The standard InChI is InChI=1S/C16H15NO4S2/c18-16(13-8-9-21-11-13,15-7-4-10-22-15)12-17-23(19,20)14-5-2-1-3-6-14/h1-11,17-18H,12H2/t16-/m0/s1. The molecule has 0 saturated heterocycles. The highest BCUT2D eigenvalue weighted by atomic mass is 32.2. The zero-order chi connectivity index (χ0) is 16.3. The van der Waals surface area contributed by atoms with Crippen molar-refractivity contribution in [2.75, 3.05) is 6.54 Å². The molecule has 5 nitrogen and oxygen atoms in total. The number of nitrogens with one attached hydrogen (secondary N) is 1. The Hall–Kier alpha value is -1.93. The van der Waals surface area contributed by atoms with Gasteiger partial charge in [-0.05, 0) is 29.6 Å². The fourth-order valence-corrected chi connectivity index (χ4v) is 4.15. The minimum Gasteiger partial charge on any atom is -0.472 e. The van der Waals surface area contributed by atoms with E-state index in [0.717, 1.165) is 0 Å². The van der Waals surface area contributed by atoms with E-state index < -0.39 is 15.6 Å². The van der Waals surface area contributed by atoms with Crippen LogP contribution in [0.25, 0.3) is 0 Å². The number of thiophene rings is 1. The Morgan fingerprint density at radius 1 is 1.13 bits per heavy atom. The number of benzene rings is 1. The molecule has 2 heterocycles. The van der Waals surface area contributed by atoms with E-state index in [1.807, 2.05) is 5.38 Å². The van der Waals surface area contributed by atoms with E-state index in [9.17, 15) is 13.5 Å². The minimum atomic E-state index is -3.71. The molecule has 0 saturated carbocycles. The summed E-state index contributed by atoms with van der Waals surface area (Å²) < 4.78 is 32.3. The van der Waals surface area contributed by atoms with Crippen molar-refractivity contribution < 1.29 is 17.9 Å². The van der Waals surface area contributed by atoms with Gasteiger partial charge in [0.2, 0.25) is 10.0 Å². The molecular formula is C16H15NO4S2. The van der Waals surface area contributed by atoms with E-state index in [-0.39, 0.29) is 11.4 Å². The van der Waals surface area contributed by atoms with E-state index in [1.165, 1.54) is 36.0 Å². The van der Waals surface area contributed by atoms with Crippen LogP contribution >= 0.6 is 11.3 Å². The number of furan rings is 1. The van der Waals surface area contributed by atoms with Crippen molar-refractivity contribution in [2.24, 2.45) is 0 Å². The largest absolute Gasteiger partial charge is 0.472 e. The topological polar surface area (TPSA) is 79.5 Å². The molecule has 2 aromatic heterocycles. The predicted molar refractivity (Wildman–Crippen MR) is 87.7 cm³/mol. The lowest BCUT2D eigenvalue weighted by molar-refractivity contribution is 0.0892. The van der Waals surface area contributed by atoms with Gasteiger partial charge in [-0.2, -0.15) is 0 Å². The summed E-state index contributed by atoms with van der Waals surface area (Å²) in [5.74, 6) is 0. The Morgan fingerprint density at radius 2 is 1.91 bits per heavy atom. The first-order valence-corrected chi connectivity index (χ1v) is 9.22. The first-order chi connectivity index (χ1) is 11.0. The first kappa shape index (κ1) is 15.9. The van der Waals surface area contributed by atoms with Crippen molar-refractivity contribution in [2.45, 2.75) is 10.5 Å². The summed E-state index contributed by atoms with van der Waals surface area (Å²) in [4.78, 5) is 0.787. The molecule has 2 N–H and O–H groups in total. The molecule has 120 valence electrons. The Morgan fingerprint density at radius 3 is 2.52 bits per heavy atom. The Balaban J connectivity index is 1.89. The third-order valence-corrected chi connectivity index (χ3v) is 5.94. The molecule has 3 rings (SSSR count). The predicted octanol–water partition coefficient (Wildman–Crippen LogP) is 2.56. The van der Waals surface area contributed by atoms with Crippen LogP contribution in [0.2, 0.25) is 0 Å². The van der Waals surface area contributed by atoms with E-state index in [2.05, 4.69) is 4.72 Å². The van der Waals surface area contributed by atoms with Crippen molar-refractivity contribution in [1.82, 2.24) is 4.72 Å². The molecule has 23 heavy (non-hydrogen) atoms.